The third-order valence-electron chi connectivity index (χ3n) is 4.06. The van der Waals surface area contributed by atoms with Gasteiger partial charge in [-0.25, -0.2) is 8.42 Å². The molecule has 0 heterocycles. The Morgan fingerprint density at radius 1 is 0.893 bits per heavy atom. The third kappa shape index (κ3) is 5.55. The van der Waals surface area contributed by atoms with Crippen LogP contribution >= 0.6 is 35.4 Å². The number of sulfonamides is 1. The summed E-state index contributed by atoms with van der Waals surface area (Å²) >= 11 is 17.6. The van der Waals surface area contributed by atoms with Crippen molar-refractivity contribution in [3.05, 3.63) is 94.0 Å². The van der Waals surface area contributed by atoms with Crippen LogP contribution in [-0.2, 0) is 22.9 Å². The van der Waals surface area contributed by atoms with E-state index in [9.17, 15) is 8.42 Å². The van der Waals surface area contributed by atoms with Gasteiger partial charge >= 0.3 is 0 Å². The summed E-state index contributed by atoms with van der Waals surface area (Å²) in [5.74, 6) is 0. The van der Waals surface area contributed by atoms with Crippen LogP contribution in [0.25, 0.3) is 0 Å². The lowest BCUT2D eigenvalue weighted by atomic mass is 10.0. The van der Waals surface area contributed by atoms with E-state index in [1.54, 1.807) is 60.7 Å². The lowest BCUT2D eigenvalue weighted by molar-refractivity contribution is 0.601. The molecule has 0 fully saturated rings. The molecule has 0 radical (unpaired) electrons. The second-order valence-electron chi connectivity index (χ2n) is 6.24. The molecule has 3 nitrogen and oxygen atoms in total. The number of thiocarbonyl (C=S) groups is 1. The monoisotopic (exact) mass is 449 g/mol. The van der Waals surface area contributed by atoms with Gasteiger partial charge in [0.25, 0.3) is 10.0 Å². The van der Waals surface area contributed by atoms with Gasteiger partial charge < -0.3 is 0 Å². The van der Waals surface area contributed by atoms with Crippen LogP contribution in [0, 0.1) is 0 Å². The molecule has 0 bridgehead atoms. The molecule has 144 valence electrons. The molecule has 3 aromatic rings. The summed E-state index contributed by atoms with van der Waals surface area (Å²) in [5.41, 5.74) is 2.38. The van der Waals surface area contributed by atoms with E-state index in [0.29, 0.717) is 28.6 Å². The van der Waals surface area contributed by atoms with Crippen LogP contribution in [0.15, 0.2) is 77.7 Å². The highest BCUT2D eigenvalue weighted by Crippen LogP contribution is 2.22. The maximum atomic E-state index is 12.5. The molecule has 0 saturated heterocycles. The number of hydrogen-bond acceptors (Lipinski definition) is 3. The quantitative estimate of drug-likeness (QED) is 0.453. The fourth-order valence-corrected chi connectivity index (χ4v) is 4.53. The number of benzene rings is 3. The molecule has 0 spiro atoms. The SMILES string of the molecule is O=S(=O)(Nc1ccccc1)c1ccc(CC(=S)Cc2ccc(Cl)cc2Cl)cc1. The van der Waals surface area contributed by atoms with Crippen LogP contribution in [0.1, 0.15) is 11.1 Å². The first kappa shape index (κ1) is 20.8. The smallest absolute Gasteiger partial charge is 0.261 e. The minimum Gasteiger partial charge on any atom is -0.280 e. The predicted octanol–water partition coefficient (Wildman–Crippen LogP) is 5.95. The Morgan fingerprint density at radius 3 is 2.21 bits per heavy atom. The second kappa shape index (κ2) is 9.05. The molecule has 0 aliphatic rings. The van der Waals surface area contributed by atoms with Crippen LogP contribution in [0.2, 0.25) is 10.0 Å². The van der Waals surface area contributed by atoms with Crippen molar-refractivity contribution < 1.29 is 8.42 Å². The maximum Gasteiger partial charge on any atom is 0.261 e. The van der Waals surface area contributed by atoms with Crippen molar-refractivity contribution in [1.29, 1.82) is 0 Å². The van der Waals surface area contributed by atoms with Crippen LogP contribution in [0.4, 0.5) is 5.69 Å². The molecule has 3 aromatic carbocycles. The van der Waals surface area contributed by atoms with E-state index in [1.165, 1.54) is 0 Å². The van der Waals surface area contributed by atoms with E-state index in [4.69, 9.17) is 35.4 Å². The van der Waals surface area contributed by atoms with Crippen molar-refractivity contribution in [2.75, 3.05) is 4.72 Å². The van der Waals surface area contributed by atoms with Crippen LogP contribution in [0.3, 0.4) is 0 Å². The van der Waals surface area contributed by atoms with Crippen LogP contribution < -0.4 is 4.72 Å². The molecular formula is C21H17Cl2NO2S2. The van der Waals surface area contributed by atoms with Gasteiger partial charge in [-0.2, -0.15) is 0 Å². The lowest BCUT2D eigenvalue weighted by Crippen LogP contribution is -2.13. The molecule has 28 heavy (non-hydrogen) atoms. The topological polar surface area (TPSA) is 46.2 Å². The Kier molecular flexibility index (Phi) is 6.73. The average Bonchev–Trinajstić information content (AvgIpc) is 2.65. The molecule has 1 N–H and O–H groups in total. The molecule has 0 aliphatic heterocycles. The minimum absolute atomic E-state index is 0.201. The Balaban J connectivity index is 1.66. The summed E-state index contributed by atoms with van der Waals surface area (Å²) in [6.07, 6.45) is 1.11. The van der Waals surface area contributed by atoms with Gasteiger partial charge in [0.1, 0.15) is 0 Å². The largest absolute Gasteiger partial charge is 0.280 e. The van der Waals surface area contributed by atoms with E-state index < -0.39 is 10.0 Å². The van der Waals surface area contributed by atoms with Crippen molar-refractivity contribution in [1.82, 2.24) is 0 Å². The Hall–Kier alpha value is -1.92. The van der Waals surface area contributed by atoms with E-state index in [0.717, 1.165) is 16.0 Å². The van der Waals surface area contributed by atoms with Gasteiger partial charge in [-0.15, -0.1) is 0 Å². The summed E-state index contributed by atoms with van der Waals surface area (Å²) in [6.45, 7) is 0. The van der Waals surface area contributed by atoms with Crippen molar-refractivity contribution in [2.45, 2.75) is 17.7 Å². The van der Waals surface area contributed by atoms with E-state index >= 15 is 0 Å². The van der Waals surface area contributed by atoms with Gasteiger partial charge in [-0.3, -0.25) is 4.72 Å². The normalized spacial score (nSPS) is 11.2. The van der Waals surface area contributed by atoms with E-state index in [-0.39, 0.29) is 4.90 Å². The zero-order valence-electron chi connectivity index (χ0n) is 14.7. The Labute approximate surface area is 180 Å². The molecule has 0 unspecified atom stereocenters. The van der Waals surface area contributed by atoms with Crippen molar-refractivity contribution >= 4 is 56.0 Å². The van der Waals surface area contributed by atoms with Gasteiger partial charge in [0.15, 0.2) is 0 Å². The second-order valence-corrected chi connectivity index (χ2v) is 9.35. The molecule has 0 saturated carbocycles. The van der Waals surface area contributed by atoms with Gasteiger partial charge in [0, 0.05) is 33.4 Å². The van der Waals surface area contributed by atoms with Crippen LogP contribution in [-0.4, -0.2) is 13.3 Å². The van der Waals surface area contributed by atoms with E-state index in [1.807, 2.05) is 12.1 Å². The maximum absolute atomic E-state index is 12.5. The molecule has 7 heteroatoms. The van der Waals surface area contributed by atoms with Crippen molar-refractivity contribution in [3.8, 4) is 0 Å². The standard InChI is InChI=1S/C21H17Cl2NO2S2/c22-17-9-8-16(21(23)14-17)13-19(27)12-15-6-10-20(11-7-15)28(25,26)24-18-4-2-1-3-5-18/h1-11,14,24H,12-13H2. The van der Waals surface area contributed by atoms with Gasteiger partial charge in [0.05, 0.1) is 4.90 Å². The van der Waals surface area contributed by atoms with E-state index in [2.05, 4.69) is 4.72 Å². The summed E-state index contributed by atoms with van der Waals surface area (Å²) < 4.78 is 27.5. The van der Waals surface area contributed by atoms with Crippen molar-refractivity contribution in [2.24, 2.45) is 0 Å². The average molecular weight is 450 g/mol. The summed E-state index contributed by atoms with van der Waals surface area (Å²) in [7, 11) is -3.63. The zero-order valence-corrected chi connectivity index (χ0v) is 17.9. The Bertz CT molecular complexity index is 1080. The number of halogens is 2. The number of nitrogens with one attached hydrogen (secondary N) is 1. The van der Waals surface area contributed by atoms with Crippen LogP contribution in [0.5, 0.6) is 0 Å². The fourth-order valence-electron chi connectivity index (χ4n) is 2.67. The molecular weight excluding hydrogens is 433 g/mol. The lowest BCUT2D eigenvalue weighted by Gasteiger charge is -2.10. The minimum atomic E-state index is -3.63. The summed E-state index contributed by atoms with van der Waals surface area (Å²) in [5, 5.41) is 1.17. The molecule has 0 aliphatic carbocycles. The first-order valence-corrected chi connectivity index (χ1v) is 11.1. The number of anilines is 1. The zero-order chi connectivity index (χ0) is 20.1. The molecule has 0 atom stereocenters. The highest BCUT2D eigenvalue weighted by molar-refractivity contribution is 7.92. The highest BCUT2D eigenvalue weighted by Gasteiger charge is 2.14. The van der Waals surface area contributed by atoms with Gasteiger partial charge in [0.2, 0.25) is 0 Å². The number of para-hydroxylation sites is 1. The number of rotatable bonds is 7. The van der Waals surface area contributed by atoms with Gasteiger partial charge in [-0.05, 0) is 47.5 Å². The first-order valence-electron chi connectivity index (χ1n) is 8.46. The first-order chi connectivity index (χ1) is 13.3. The summed E-state index contributed by atoms with van der Waals surface area (Å²) in [6, 6.07) is 20.8. The van der Waals surface area contributed by atoms with Gasteiger partial charge in [-0.1, -0.05) is 71.8 Å². The predicted molar refractivity (Wildman–Crippen MR) is 120 cm³/mol. The molecule has 3 rings (SSSR count). The third-order valence-corrected chi connectivity index (χ3v) is 6.34. The number of hydrogen-bond donors (Lipinski definition) is 1. The fraction of sp³-hybridized carbons (Fsp3) is 0.0952. The molecule has 0 amide bonds. The highest BCUT2D eigenvalue weighted by atomic mass is 35.5. The Morgan fingerprint density at radius 2 is 1.57 bits per heavy atom. The summed E-state index contributed by atoms with van der Waals surface area (Å²) in [4.78, 5) is 1.01. The molecule has 0 aromatic heterocycles. The van der Waals surface area contributed by atoms with Crippen molar-refractivity contribution in [3.63, 3.8) is 0 Å².